The van der Waals surface area contributed by atoms with Gasteiger partial charge in [-0.3, -0.25) is 9.59 Å². The maximum absolute atomic E-state index is 11.3. The zero-order chi connectivity index (χ0) is 14.1. The summed E-state index contributed by atoms with van der Waals surface area (Å²) in [6.07, 6.45) is 6.15. The molecule has 0 aromatic rings. The van der Waals surface area contributed by atoms with Gasteiger partial charge >= 0.3 is 33.5 Å². The van der Waals surface area contributed by atoms with Crippen LogP contribution in [0.15, 0.2) is 34.5 Å². The van der Waals surface area contributed by atoms with Crippen molar-refractivity contribution in [1.82, 2.24) is 5.32 Å². The van der Waals surface area contributed by atoms with Crippen molar-refractivity contribution in [2.75, 3.05) is 6.54 Å². The van der Waals surface area contributed by atoms with Gasteiger partial charge < -0.3 is 10.4 Å². The molecule has 99 valence electrons. The zero-order valence-corrected chi connectivity index (χ0v) is 12.0. The van der Waals surface area contributed by atoms with E-state index < -0.39 is 21.8 Å². The number of hydrogen-bond acceptors (Lipinski definition) is 4. The van der Waals surface area contributed by atoms with Crippen molar-refractivity contribution in [2.24, 2.45) is 0 Å². The molecule has 1 rings (SSSR count). The molecule has 0 spiro atoms. The Morgan fingerprint density at radius 3 is 2.56 bits per heavy atom. The Labute approximate surface area is 116 Å². The summed E-state index contributed by atoms with van der Waals surface area (Å²) in [4.78, 5) is 21.5. The fourth-order valence-corrected chi connectivity index (χ4v) is 1.36. The number of rotatable bonds is 3. The van der Waals surface area contributed by atoms with E-state index in [4.69, 9.17) is 16.8 Å². The molecule has 1 aliphatic rings. The van der Waals surface area contributed by atoms with Crippen molar-refractivity contribution in [3.63, 3.8) is 0 Å². The summed E-state index contributed by atoms with van der Waals surface area (Å²) in [7, 11) is 0. The van der Waals surface area contributed by atoms with Gasteiger partial charge in [0.1, 0.15) is 6.54 Å². The Balaban J connectivity index is 0.000000631. The van der Waals surface area contributed by atoms with E-state index in [0.717, 1.165) is 0 Å². The van der Waals surface area contributed by atoms with Gasteiger partial charge in [-0.1, -0.05) is 6.08 Å². The second kappa shape index (κ2) is 8.95. The third-order valence-corrected chi connectivity index (χ3v) is 2.20. The summed E-state index contributed by atoms with van der Waals surface area (Å²) >= 11 is 0.258. The Kier molecular flexibility index (Phi) is 8.43. The van der Waals surface area contributed by atoms with Crippen LogP contribution in [-0.4, -0.2) is 31.5 Å². The Bertz CT molecular complexity index is 438. The van der Waals surface area contributed by atoms with Crippen LogP contribution >= 0.6 is 15.9 Å². The number of carboxylic acids is 1. The van der Waals surface area contributed by atoms with Gasteiger partial charge in [-0.2, -0.15) is 0 Å². The first-order chi connectivity index (χ1) is 8.34. The third kappa shape index (κ3) is 8.10. The molecule has 0 atom stereocenters. The first-order valence-electron chi connectivity index (χ1n) is 4.48. The van der Waals surface area contributed by atoms with E-state index >= 15 is 0 Å². The summed E-state index contributed by atoms with van der Waals surface area (Å²) in [5.41, 5.74) is 0.425. The van der Waals surface area contributed by atoms with Gasteiger partial charge in [-0.25, -0.2) is 0 Å². The number of allylic oxidation sites excluding steroid dienone is 5. The third-order valence-electron chi connectivity index (χ3n) is 1.51. The summed E-state index contributed by atoms with van der Waals surface area (Å²) in [6.45, 7) is -0.208. The average molecular weight is 361 g/mol. The van der Waals surface area contributed by atoms with Gasteiger partial charge in [0.25, 0.3) is 0 Å². The van der Waals surface area contributed by atoms with Gasteiger partial charge in [0.05, 0.1) is 5.57 Å². The van der Waals surface area contributed by atoms with E-state index in [2.05, 4.69) is 21.2 Å². The fraction of sp³-hybridized carbons (Fsp3) is 0.111. The molecule has 0 aromatic heterocycles. The van der Waals surface area contributed by atoms with E-state index in [-0.39, 0.29) is 12.3 Å². The Morgan fingerprint density at radius 2 is 2.11 bits per heavy atom. The van der Waals surface area contributed by atoms with Crippen LogP contribution in [0.25, 0.3) is 0 Å². The molecule has 0 amide bonds. The number of nitrogens with one attached hydrogen (secondary N) is 1. The van der Waals surface area contributed by atoms with Crippen molar-refractivity contribution in [3.8, 4) is 0 Å². The van der Waals surface area contributed by atoms with Crippen LogP contribution in [0.4, 0.5) is 0 Å². The van der Waals surface area contributed by atoms with Crippen molar-refractivity contribution < 1.29 is 42.2 Å². The van der Waals surface area contributed by atoms with Gasteiger partial charge in [0.15, 0.2) is 5.78 Å². The summed E-state index contributed by atoms with van der Waals surface area (Å²) < 4.78 is 21.3. The molecule has 0 saturated heterocycles. The predicted octanol–water partition coefficient (Wildman–Crippen LogP) is -0.808. The van der Waals surface area contributed by atoms with Gasteiger partial charge in [0.2, 0.25) is 0 Å². The van der Waals surface area contributed by atoms with Crippen LogP contribution < -0.4 is 5.32 Å². The van der Waals surface area contributed by atoms with E-state index in [9.17, 15) is 9.59 Å². The van der Waals surface area contributed by atoms with Crippen molar-refractivity contribution in [2.45, 2.75) is 0 Å². The molecule has 6 N–H and O–H groups in total. The molecule has 0 fully saturated rings. The second-order valence-corrected chi connectivity index (χ2v) is 4.64. The molecule has 1 aliphatic carbocycles. The molecule has 0 aliphatic heterocycles. The second-order valence-electron chi connectivity index (χ2n) is 2.87. The summed E-state index contributed by atoms with van der Waals surface area (Å²) in [6, 6.07) is 0. The SMILES string of the molecule is O=C(O)CNC=C1C(=O)C=CC=C1Br.[O]=[V]([OH2+])[OH2+]. The minimum absolute atomic E-state index is 0.155. The Morgan fingerprint density at radius 1 is 1.56 bits per heavy atom. The van der Waals surface area contributed by atoms with E-state index in [0.29, 0.717) is 10.1 Å². The van der Waals surface area contributed by atoms with Crippen molar-refractivity contribution in [1.29, 1.82) is 0 Å². The number of carbonyl (C=O) groups is 2. The molecular formula is C9H12BrNO6V+2. The molecule has 0 unspecified atom stereocenters. The normalized spacial score (nSPS) is 15.6. The first kappa shape index (κ1) is 16.9. The molecular weight excluding hydrogens is 349 g/mol. The number of halogens is 1. The van der Waals surface area contributed by atoms with Crippen molar-refractivity contribution >= 4 is 27.7 Å². The number of carboxylic acid groups (broad SMARTS) is 1. The van der Waals surface area contributed by atoms with E-state index in [1.54, 1.807) is 12.2 Å². The molecule has 0 radical (unpaired) electrons. The minimum atomic E-state index is -2.94. The number of ketones is 1. The molecule has 0 saturated carbocycles. The predicted molar refractivity (Wildman–Crippen MR) is 62.8 cm³/mol. The molecule has 0 bridgehead atoms. The van der Waals surface area contributed by atoms with Gasteiger partial charge in [-0.05, 0) is 28.1 Å². The average Bonchev–Trinajstić information content (AvgIpc) is 2.21. The molecule has 18 heavy (non-hydrogen) atoms. The maximum atomic E-state index is 11.3. The van der Waals surface area contributed by atoms with E-state index in [1.165, 1.54) is 12.3 Å². The zero-order valence-electron chi connectivity index (χ0n) is 9.01. The molecule has 0 aromatic carbocycles. The van der Waals surface area contributed by atoms with Crippen LogP contribution in [0.3, 0.4) is 0 Å². The van der Waals surface area contributed by atoms with Crippen LogP contribution in [0, 0.1) is 0 Å². The summed E-state index contributed by atoms with van der Waals surface area (Å²) in [5, 5.41) is 10.9. The van der Waals surface area contributed by atoms with Crippen LogP contribution in [0.1, 0.15) is 0 Å². The van der Waals surface area contributed by atoms with Crippen LogP contribution in [0.5, 0.6) is 0 Å². The van der Waals surface area contributed by atoms with Gasteiger partial charge in [-0.15, -0.1) is 0 Å². The summed E-state index contributed by atoms with van der Waals surface area (Å²) in [5.74, 6) is -1.13. The van der Waals surface area contributed by atoms with Gasteiger partial charge in [0, 0.05) is 10.7 Å². The molecule has 9 heteroatoms. The Hall–Kier alpha value is -1.06. The number of aliphatic carboxylic acids is 1. The first-order valence-corrected chi connectivity index (χ1v) is 7.24. The molecule has 7 nitrogen and oxygen atoms in total. The monoisotopic (exact) mass is 360 g/mol. The van der Waals surface area contributed by atoms with Crippen LogP contribution in [0.2, 0.25) is 0 Å². The number of hydrogen-bond donors (Lipinski definition) is 2. The quantitative estimate of drug-likeness (QED) is 0.502. The number of carbonyl (C=O) groups excluding carboxylic acids is 1. The van der Waals surface area contributed by atoms with Crippen molar-refractivity contribution in [3.05, 3.63) is 34.5 Å². The van der Waals surface area contributed by atoms with E-state index in [1.807, 2.05) is 0 Å². The fourth-order valence-electron chi connectivity index (χ4n) is 0.898. The van der Waals surface area contributed by atoms with Crippen LogP contribution in [-0.2, 0) is 29.1 Å². The standard InChI is InChI=1S/C9H8BrNO3.2H2O.O.V/c10-7-2-1-3-8(12)6(7)4-11-5-9(13)14;;;;/h1-4,11H,5H2,(H,13,14);2*1H2;;/q;;;;+2. The topological polar surface area (TPSA) is 129 Å². The molecule has 0 heterocycles.